The highest BCUT2D eigenvalue weighted by Gasteiger charge is 1.97. The Labute approximate surface area is 168 Å². The van der Waals surface area contributed by atoms with Gasteiger partial charge in [0, 0.05) is 4.88 Å². The van der Waals surface area contributed by atoms with Crippen LogP contribution in [0.1, 0.15) is 5.56 Å². The fourth-order valence-electron chi connectivity index (χ4n) is 1.85. The zero-order chi connectivity index (χ0) is 18.8. The van der Waals surface area contributed by atoms with Gasteiger partial charge in [0.2, 0.25) is 0 Å². The van der Waals surface area contributed by atoms with E-state index in [1.54, 1.807) is 46.9 Å². The zero-order valence-electron chi connectivity index (χ0n) is 14.0. The first-order valence-electron chi connectivity index (χ1n) is 7.75. The van der Waals surface area contributed by atoms with Crippen LogP contribution in [-0.2, 0) is 0 Å². The normalized spacial score (nSPS) is 9.54. The standard InChI is InChI=1S/C10H7FS.C7H7F.C4H3BrS/c11-9-5-3-8(4-6-9)10-2-1-7-12-10;1-6-2-4-7(8)5-3-6;5-4-2-1-3-6-4/h1-7H;2-5H,1H3;1-3H. The molecule has 5 heteroatoms. The summed E-state index contributed by atoms with van der Waals surface area (Å²) < 4.78 is 25.8. The minimum atomic E-state index is -0.185. The number of thiophene rings is 2. The Bertz CT molecular complexity index is 833. The van der Waals surface area contributed by atoms with Crippen LogP contribution in [0, 0.1) is 18.6 Å². The number of hydrogen-bond donors (Lipinski definition) is 0. The van der Waals surface area contributed by atoms with Crippen molar-refractivity contribution in [1.82, 2.24) is 0 Å². The summed E-state index contributed by atoms with van der Waals surface area (Å²) in [6, 6.07) is 21.0. The monoisotopic (exact) mass is 450 g/mol. The molecule has 0 amide bonds. The van der Waals surface area contributed by atoms with Gasteiger partial charge in [-0.1, -0.05) is 42.0 Å². The van der Waals surface area contributed by atoms with Crippen molar-refractivity contribution >= 4 is 38.6 Å². The third-order valence-corrected chi connectivity index (χ3v) is 5.55. The Balaban J connectivity index is 0.000000151. The molecule has 0 aliphatic carbocycles. The molecule has 4 aromatic rings. The van der Waals surface area contributed by atoms with Gasteiger partial charge in [-0.25, -0.2) is 8.78 Å². The molecule has 0 bridgehead atoms. The molecule has 4 rings (SSSR count). The first kappa shape index (κ1) is 20.5. The largest absolute Gasteiger partial charge is 0.207 e. The Morgan fingerprint density at radius 1 is 0.692 bits per heavy atom. The van der Waals surface area contributed by atoms with Crippen LogP contribution in [0.15, 0.2) is 87.3 Å². The third kappa shape index (κ3) is 7.60. The van der Waals surface area contributed by atoms with Gasteiger partial charge in [0.25, 0.3) is 0 Å². The van der Waals surface area contributed by atoms with Crippen molar-refractivity contribution in [3.05, 3.63) is 105 Å². The van der Waals surface area contributed by atoms with Crippen molar-refractivity contribution in [3.63, 3.8) is 0 Å². The van der Waals surface area contributed by atoms with E-state index < -0.39 is 0 Å². The lowest BCUT2D eigenvalue weighted by Crippen LogP contribution is -1.73. The molecule has 2 heterocycles. The highest BCUT2D eigenvalue weighted by atomic mass is 79.9. The summed E-state index contributed by atoms with van der Waals surface area (Å²) >= 11 is 6.65. The van der Waals surface area contributed by atoms with Crippen molar-refractivity contribution in [2.45, 2.75) is 6.92 Å². The molecule has 0 atom stereocenters. The topological polar surface area (TPSA) is 0 Å². The summed E-state index contributed by atoms with van der Waals surface area (Å²) in [4.78, 5) is 1.18. The van der Waals surface area contributed by atoms with Crippen LogP contribution >= 0.6 is 38.6 Å². The number of aryl methyl sites for hydroxylation is 1. The van der Waals surface area contributed by atoms with E-state index in [0.29, 0.717) is 0 Å². The maximum atomic E-state index is 12.5. The molecule has 0 fully saturated rings. The van der Waals surface area contributed by atoms with Crippen LogP contribution in [0.3, 0.4) is 0 Å². The highest BCUT2D eigenvalue weighted by Crippen LogP contribution is 2.24. The van der Waals surface area contributed by atoms with E-state index in [9.17, 15) is 8.78 Å². The minimum absolute atomic E-state index is 0.171. The maximum absolute atomic E-state index is 12.5. The van der Waals surface area contributed by atoms with Gasteiger partial charge in [-0.05, 0) is 75.6 Å². The van der Waals surface area contributed by atoms with Gasteiger partial charge in [0.05, 0.1) is 3.79 Å². The molecule has 26 heavy (non-hydrogen) atoms. The molecule has 0 unspecified atom stereocenters. The SMILES string of the molecule is Brc1cccs1.Cc1ccc(F)cc1.Fc1ccc(-c2cccs2)cc1. The molecule has 2 aromatic heterocycles. The molecule has 0 aliphatic rings. The number of halogens is 3. The van der Waals surface area contributed by atoms with Crippen molar-refractivity contribution in [3.8, 4) is 10.4 Å². The van der Waals surface area contributed by atoms with Gasteiger partial charge in [-0.3, -0.25) is 0 Å². The average molecular weight is 451 g/mol. The van der Waals surface area contributed by atoms with E-state index in [1.807, 2.05) is 41.9 Å². The fourth-order valence-corrected chi connectivity index (χ4v) is 3.50. The summed E-state index contributed by atoms with van der Waals surface area (Å²) in [5.41, 5.74) is 2.16. The van der Waals surface area contributed by atoms with E-state index >= 15 is 0 Å². The zero-order valence-corrected chi connectivity index (χ0v) is 17.3. The van der Waals surface area contributed by atoms with Crippen LogP contribution < -0.4 is 0 Å². The van der Waals surface area contributed by atoms with Crippen LogP contribution in [0.25, 0.3) is 10.4 Å². The van der Waals surface area contributed by atoms with Crippen molar-refractivity contribution in [2.24, 2.45) is 0 Å². The molecule has 0 N–H and O–H groups in total. The van der Waals surface area contributed by atoms with Crippen LogP contribution in [0.4, 0.5) is 8.78 Å². The molecular weight excluding hydrogens is 434 g/mol. The molecule has 0 radical (unpaired) electrons. The number of hydrogen-bond acceptors (Lipinski definition) is 2. The van der Waals surface area contributed by atoms with E-state index in [-0.39, 0.29) is 11.6 Å². The van der Waals surface area contributed by atoms with Crippen LogP contribution in [-0.4, -0.2) is 0 Å². The van der Waals surface area contributed by atoms with E-state index in [2.05, 4.69) is 15.9 Å². The highest BCUT2D eigenvalue weighted by molar-refractivity contribution is 9.11. The Kier molecular flexibility index (Phi) is 8.68. The minimum Gasteiger partial charge on any atom is -0.207 e. The van der Waals surface area contributed by atoms with Gasteiger partial charge in [0.1, 0.15) is 11.6 Å². The summed E-state index contributed by atoms with van der Waals surface area (Å²) in [5, 5.41) is 4.04. The summed E-state index contributed by atoms with van der Waals surface area (Å²) in [7, 11) is 0. The predicted octanol–water partition coefficient (Wildman–Crippen LogP) is 8.20. The fraction of sp³-hybridized carbons (Fsp3) is 0.0476. The van der Waals surface area contributed by atoms with E-state index in [0.717, 1.165) is 11.1 Å². The van der Waals surface area contributed by atoms with Crippen molar-refractivity contribution in [2.75, 3.05) is 0 Å². The summed E-state index contributed by atoms with van der Waals surface area (Å²) in [6.45, 7) is 1.93. The number of benzene rings is 2. The van der Waals surface area contributed by atoms with E-state index in [1.165, 1.54) is 32.9 Å². The summed E-state index contributed by atoms with van der Waals surface area (Å²) in [5.74, 6) is -0.356. The lowest BCUT2D eigenvalue weighted by Gasteiger charge is -1.94. The van der Waals surface area contributed by atoms with Gasteiger partial charge < -0.3 is 0 Å². The second-order valence-corrected chi connectivity index (χ2v) is 8.47. The quantitative estimate of drug-likeness (QED) is 0.274. The third-order valence-electron chi connectivity index (χ3n) is 3.15. The molecule has 0 aliphatic heterocycles. The Morgan fingerprint density at radius 3 is 1.62 bits per heavy atom. The maximum Gasteiger partial charge on any atom is 0.123 e. The predicted molar refractivity (Wildman–Crippen MR) is 113 cm³/mol. The molecule has 134 valence electrons. The second-order valence-electron chi connectivity index (χ2n) is 5.20. The Hall–Kier alpha value is -1.82. The lowest BCUT2D eigenvalue weighted by molar-refractivity contribution is 0.627. The first-order valence-corrected chi connectivity index (χ1v) is 10.3. The molecular formula is C21H17BrF2S2. The number of rotatable bonds is 1. The van der Waals surface area contributed by atoms with Gasteiger partial charge in [-0.15, -0.1) is 22.7 Å². The van der Waals surface area contributed by atoms with Gasteiger partial charge >= 0.3 is 0 Å². The second kappa shape index (κ2) is 11.0. The molecule has 0 saturated heterocycles. The molecule has 0 nitrogen and oxygen atoms in total. The molecule has 2 aromatic carbocycles. The van der Waals surface area contributed by atoms with Gasteiger partial charge in [0.15, 0.2) is 0 Å². The first-order chi connectivity index (χ1) is 12.5. The van der Waals surface area contributed by atoms with Crippen LogP contribution in [0.5, 0.6) is 0 Å². The average Bonchev–Trinajstić information content (AvgIpc) is 3.33. The van der Waals surface area contributed by atoms with Crippen molar-refractivity contribution in [1.29, 1.82) is 0 Å². The molecule has 0 spiro atoms. The van der Waals surface area contributed by atoms with Crippen LogP contribution in [0.2, 0.25) is 0 Å². The Morgan fingerprint density at radius 2 is 1.23 bits per heavy atom. The smallest absolute Gasteiger partial charge is 0.123 e. The van der Waals surface area contributed by atoms with E-state index in [4.69, 9.17) is 0 Å². The molecule has 0 saturated carbocycles. The lowest BCUT2D eigenvalue weighted by atomic mass is 10.2. The van der Waals surface area contributed by atoms with Crippen molar-refractivity contribution < 1.29 is 8.78 Å². The summed E-state index contributed by atoms with van der Waals surface area (Å²) in [6.07, 6.45) is 0. The van der Waals surface area contributed by atoms with Gasteiger partial charge in [-0.2, -0.15) is 0 Å².